The minimum atomic E-state index is -1.21. The van der Waals surface area contributed by atoms with Crippen molar-refractivity contribution in [1.82, 2.24) is 19.9 Å². The molecule has 0 radical (unpaired) electrons. The third-order valence-corrected chi connectivity index (χ3v) is 7.62. The number of aryl methyl sites for hydroxylation is 1. The number of aliphatic carboxylic acids is 1. The summed E-state index contributed by atoms with van der Waals surface area (Å²) < 4.78 is 2.07. The van der Waals surface area contributed by atoms with Gasteiger partial charge in [0, 0.05) is 47.7 Å². The van der Waals surface area contributed by atoms with Gasteiger partial charge in [-0.1, -0.05) is 31.0 Å². The van der Waals surface area contributed by atoms with Crippen LogP contribution in [0.3, 0.4) is 0 Å². The maximum atomic E-state index is 13.4. The Morgan fingerprint density at radius 3 is 2.37 bits per heavy atom. The molecule has 2 aromatic carbocycles. The topological polar surface area (TPSA) is 126 Å². The number of carboxylic acid groups (broad SMARTS) is 1. The third-order valence-electron chi connectivity index (χ3n) is 7.62. The van der Waals surface area contributed by atoms with E-state index in [4.69, 9.17) is 5.11 Å². The Morgan fingerprint density at radius 2 is 1.71 bits per heavy atom. The SMILES string of the molecule is Cn1c(-c2ncccn2)c(C2CCCC2)c2ccc(C(=O)NC(C)(C)C(=O)Nc3ccc(/C=C/C(=O)O)cc3)cc21. The molecular formula is C32H33N5O4. The molecule has 4 aromatic rings. The van der Waals surface area contributed by atoms with Crippen molar-refractivity contribution in [3.05, 3.63) is 83.7 Å². The lowest BCUT2D eigenvalue weighted by atomic mass is 9.93. The quantitative estimate of drug-likeness (QED) is 0.247. The van der Waals surface area contributed by atoms with Crippen LogP contribution in [0.5, 0.6) is 0 Å². The van der Waals surface area contributed by atoms with E-state index in [1.807, 2.05) is 25.2 Å². The Labute approximate surface area is 238 Å². The van der Waals surface area contributed by atoms with Crippen molar-refractivity contribution < 1.29 is 19.5 Å². The number of carbonyl (C=O) groups is 3. The second-order valence-corrected chi connectivity index (χ2v) is 10.9. The second kappa shape index (κ2) is 11.4. The van der Waals surface area contributed by atoms with Crippen LogP contribution in [0, 0.1) is 0 Å². The van der Waals surface area contributed by atoms with Gasteiger partial charge in [0.15, 0.2) is 5.82 Å². The summed E-state index contributed by atoms with van der Waals surface area (Å²) in [5.41, 5.74) is 3.60. The Bertz CT molecular complexity index is 1630. The maximum Gasteiger partial charge on any atom is 0.328 e. The van der Waals surface area contributed by atoms with Gasteiger partial charge >= 0.3 is 5.97 Å². The second-order valence-electron chi connectivity index (χ2n) is 10.9. The lowest BCUT2D eigenvalue weighted by Crippen LogP contribution is -2.52. The van der Waals surface area contributed by atoms with Crippen LogP contribution >= 0.6 is 0 Å². The molecule has 5 rings (SSSR count). The maximum absolute atomic E-state index is 13.4. The summed E-state index contributed by atoms with van der Waals surface area (Å²) >= 11 is 0. The predicted molar refractivity (Wildman–Crippen MR) is 158 cm³/mol. The first-order valence-corrected chi connectivity index (χ1v) is 13.7. The average Bonchev–Trinajstić information content (AvgIpc) is 3.59. The van der Waals surface area contributed by atoms with Crippen molar-refractivity contribution in [1.29, 1.82) is 0 Å². The van der Waals surface area contributed by atoms with E-state index in [1.165, 1.54) is 24.5 Å². The van der Waals surface area contributed by atoms with Crippen molar-refractivity contribution in [3.63, 3.8) is 0 Å². The fourth-order valence-electron chi connectivity index (χ4n) is 5.47. The summed E-state index contributed by atoms with van der Waals surface area (Å²) in [6.45, 7) is 3.29. The number of amides is 2. The Kier molecular flexibility index (Phi) is 7.70. The molecule has 210 valence electrons. The molecule has 3 N–H and O–H groups in total. The molecular weight excluding hydrogens is 518 g/mol. The first kappa shape index (κ1) is 27.8. The molecule has 0 aliphatic heterocycles. The first-order chi connectivity index (χ1) is 19.6. The molecule has 2 heterocycles. The molecule has 0 bridgehead atoms. The average molecular weight is 552 g/mol. The summed E-state index contributed by atoms with van der Waals surface area (Å²) in [5.74, 6) is -0.690. The molecule has 41 heavy (non-hydrogen) atoms. The van der Waals surface area contributed by atoms with Crippen LogP contribution in [0.2, 0.25) is 0 Å². The van der Waals surface area contributed by atoms with Crippen molar-refractivity contribution in [2.75, 3.05) is 5.32 Å². The fraction of sp³-hybridized carbons (Fsp3) is 0.281. The number of rotatable bonds is 8. The molecule has 1 aliphatic carbocycles. The lowest BCUT2D eigenvalue weighted by molar-refractivity contribution is -0.131. The van der Waals surface area contributed by atoms with Crippen LogP contribution in [0.25, 0.3) is 28.5 Å². The number of benzene rings is 2. The molecule has 1 saturated carbocycles. The van der Waals surface area contributed by atoms with Gasteiger partial charge in [-0.05, 0) is 80.1 Å². The highest BCUT2D eigenvalue weighted by Crippen LogP contribution is 2.43. The minimum absolute atomic E-state index is 0.359. The molecule has 0 unspecified atom stereocenters. The van der Waals surface area contributed by atoms with Gasteiger partial charge < -0.3 is 20.3 Å². The summed E-state index contributed by atoms with van der Waals surface area (Å²) in [7, 11) is 1.98. The molecule has 2 amide bonds. The largest absolute Gasteiger partial charge is 0.478 e. The molecule has 9 nitrogen and oxygen atoms in total. The van der Waals surface area contributed by atoms with Crippen molar-refractivity contribution in [2.45, 2.75) is 51.0 Å². The zero-order chi connectivity index (χ0) is 29.1. The van der Waals surface area contributed by atoms with E-state index in [-0.39, 0.29) is 11.8 Å². The van der Waals surface area contributed by atoms with Gasteiger partial charge in [-0.2, -0.15) is 0 Å². The zero-order valence-corrected chi connectivity index (χ0v) is 23.3. The standard InChI is InChI=1S/C32H33N5O4/c1-32(2,31(41)35-23-13-9-20(10-14-23)11-16-26(38)39)36-30(40)22-12-15-24-25(19-22)37(3)28(29-33-17-6-18-34-29)27(24)21-7-4-5-8-21/h6,9-19,21H,4-5,7-8H2,1-3H3,(H,35,41)(H,36,40)(H,38,39)/b16-11+. The van der Waals surface area contributed by atoms with Crippen molar-refractivity contribution in [2.24, 2.45) is 7.05 Å². The lowest BCUT2D eigenvalue weighted by Gasteiger charge is -2.25. The number of nitrogens with zero attached hydrogens (tertiary/aromatic N) is 3. The first-order valence-electron chi connectivity index (χ1n) is 13.7. The van der Waals surface area contributed by atoms with Gasteiger partial charge in [0.1, 0.15) is 5.54 Å². The molecule has 1 fully saturated rings. The molecule has 0 atom stereocenters. The van der Waals surface area contributed by atoms with E-state index < -0.39 is 11.5 Å². The number of carbonyl (C=O) groups excluding carboxylic acids is 2. The number of anilines is 1. The summed E-state index contributed by atoms with van der Waals surface area (Å²) in [5, 5.41) is 15.6. The highest BCUT2D eigenvalue weighted by Gasteiger charge is 2.31. The normalized spacial score (nSPS) is 14.0. The van der Waals surface area contributed by atoms with E-state index in [2.05, 4.69) is 25.2 Å². The highest BCUT2D eigenvalue weighted by atomic mass is 16.4. The number of aromatic nitrogens is 3. The van der Waals surface area contributed by atoms with E-state index in [1.54, 1.807) is 56.6 Å². The van der Waals surface area contributed by atoms with Crippen LogP contribution in [0.1, 0.15) is 66.9 Å². The van der Waals surface area contributed by atoms with Crippen LogP contribution in [0.15, 0.2) is 67.0 Å². The summed E-state index contributed by atoms with van der Waals surface area (Å²) in [6.07, 6.45) is 10.6. The number of hydrogen-bond acceptors (Lipinski definition) is 5. The van der Waals surface area contributed by atoms with Crippen LogP contribution < -0.4 is 10.6 Å². The van der Waals surface area contributed by atoms with Crippen LogP contribution in [0.4, 0.5) is 5.69 Å². The third kappa shape index (κ3) is 5.89. The van der Waals surface area contributed by atoms with Gasteiger partial charge in [-0.3, -0.25) is 9.59 Å². The van der Waals surface area contributed by atoms with Crippen LogP contribution in [-0.4, -0.2) is 43.0 Å². The number of hydrogen-bond donors (Lipinski definition) is 3. The molecule has 1 aliphatic rings. The molecule has 9 heteroatoms. The van der Waals surface area contributed by atoms with Gasteiger partial charge in [-0.25, -0.2) is 14.8 Å². The number of fused-ring (bicyclic) bond motifs is 1. The smallest absolute Gasteiger partial charge is 0.328 e. The Hall–Kier alpha value is -4.79. The van der Waals surface area contributed by atoms with Gasteiger partial charge in [-0.15, -0.1) is 0 Å². The van der Waals surface area contributed by atoms with E-state index in [0.717, 1.165) is 35.5 Å². The summed E-state index contributed by atoms with van der Waals surface area (Å²) in [4.78, 5) is 46.2. The summed E-state index contributed by atoms with van der Waals surface area (Å²) in [6, 6.07) is 14.2. The monoisotopic (exact) mass is 551 g/mol. The molecule has 0 spiro atoms. The van der Waals surface area contributed by atoms with E-state index in [0.29, 0.717) is 28.6 Å². The van der Waals surface area contributed by atoms with Crippen molar-refractivity contribution >= 4 is 40.4 Å². The minimum Gasteiger partial charge on any atom is -0.478 e. The highest BCUT2D eigenvalue weighted by molar-refractivity contribution is 6.05. The van der Waals surface area contributed by atoms with Gasteiger partial charge in [0.05, 0.1) is 5.69 Å². The number of nitrogens with one attached hydrogen (secondary N) is 2. The van der Waals surface area contributed by atoms with E-state index in [9.17, 15) is 14.4 Å². The Balaban J connectivity index is 1.37. The van der Waals surface area contributed by atoms with Crippen LogP contribution in [-0.2, 0) is 16.6 Å². The predicted octanol–water partition coefficient (Wildman–Crippen LogP) is 5.54. The van der Waals surface area contributed by atoms with E-state index >= 15 is 0 Å². The van der Waals surface area contributed by atoms with Gasteiger partial charge in [0.2, 0.25) is 5.91 Å². The molecule has 0 saturated heterocycles. The zero-order valence-electron chi connectivity index (χ0n) is 23.3. The van der Waals surface area contributed by atoms with Gasteiger partial charge in [0.25, 0.3) is 5.91 Å². The Morgan fingerprint density at radius 1 is 1.02 bits per heavy atom. The molecule has 2 aromatic heterocycles. The van der Waals surface area contributed by atoms with Crippen molar-refractivity contribution in [3.8, 4) is 11.5 Å². The number of carboxylic acids is 1. The fourth-order valence-corrected chi connectivity index (χ4v) is 5.47.